The molecule has 5 rings (SSSR count). The van der Waals surface area contributed by atoms with E-state index in [1.165, 1.54) is 14.0 Å². The number of hydrogen-bond donors (Lipinski definition) is 12. The van der Waals surface area contributed by atoms with Gasteiger partial charge in [-0.1, -0.05) is 33.6 Å². The second-order valence-electron chi connectivity index (χ2n) is 18.2. The van der Waals surface area contributed by atoms with Crippen molar-refractivity contribution >= 4 is 75.2 Å². The zero-order valence-corrected chi connectivity index (χ0v) is 41.0. The third-order valence-corrected chi connectivity index (χ3v) is 14.6. The van der Waals surface area contributed by atoms with Crippen molar-refractivity contribution in [1.29, 1.82) is 0 Å². The van der Waals surface area contributed by atoms with E-state index in [1.807, 2.05) is 0 Å². The molecule has 1 fully saturated rings. The predicted molar refractivity (Wildman–Crippen MR) is 254 cm³/mol. The lowest BCUT2D eigenvalue weighted by atomic mass is 9.93. The van der Waals surface area contributed by atoms with Crippen LogP contribution in [0.3, 0.4) is 0 Å². The molecule has 1 aromatic heterocycles. The molecule has 25 nitrogen and oxygen atoms in total. The number of aromatic nitrogens is 1. The van der Waals surface area contributed by atoms with Gasteiger partial charge in [0.15, 0.2) is 6.04 Å². The molecule has 0 radical (unpaired) electrons. The van der Waals surface area contributed by atoms with Crippen molar-refractivity contribution in [2.24, 2.45) is 23.3 Å². The summed E-state index contributed by atoms with van der Waals surface area (Å²) in [6.45, 7) is 2.41. The maximum atomic E-state index is 15.4. The SMILES string of the molecule is CC[C@H](C)[C@@H]1NC(=O)CNC(=O)C2Cc3c(n(CCCCCN)c4cc(OC)ccc34)[S@+]([O-])CC(NC(=O)CNC1=O)C(=O)N[C@@H](CC(N)=O)C(=O)N1CC(O)C[C@H]1C(=O)N[C@@H]([C@@H](C)[C@@H](O)CO)C(=O)N2. The van der Waals surface area contributed by atoms with Gasteiger partial charge >= 0.3 is 0 Å². The molecule has 26 heteroatoms. The Kier molecular flexibility index (Phi) is 20.0. The molecule has 0 spiro atoms. The molecule has 0 saturated carbocycles. The highest BCUT2D eigenvalue weighted by molar-refractivity contribution is 7.91. The summed E-state index contributed by atoms with van der Waals surface area (Å²) in [6, 6.07) is -5.02. The molecule has 0 aliphatic carbocycles. The third kappa shape index (κ3) is 13.9. The Hall–Kier alpha value is -6.06. The van der Waals surface area contributed by atoms with Gasteiger partial charge in [-0.3, -0.25) is 43.2 Å². The van der Waals surface area contributed by atoms with Crippen molar-refractivity contribution in [3.63, 3.8) is 0 Å². The quantitative estimate of drug-likeness (QED) is 0.0660. The van der Waals surface area contributed by atoms with E-state index in [2.05, 4.69) is 37.2 Å². The number of fused-ring (bicyclic) bond motifs is 5. The second kappa shape index (κ2) is 25.4. The first-order valence-electron chi connectivity index (χ1n) is 23.6. The number of unbranched alkanes of at least 4 members (excludes halogenated alkanes) is 2. The minimum Gasteiger partial charge on any atom is -0.610 e. The molecule has 3 unspecified atom stereocenters. The highest BCUT2D eigenvalue weighted by Crippen LogP contribution is 2.35. The van der Waals surface area contributed by atoms with Crippen LogP contribution in [0.1, 0.15) is 64.9 Å². The van der Waals surface area contributed by atoms with E-state index in [0.29, 0.717) is 48.9 Å². The van der Waals surface area contributed by atoms with Crippen molar-refractivity contribution in [1.82, 2.24) is 46.7 Å². The fourth-order valence-electron chi connectivity index (χ4n) is 8.86. The molecule has 1 aromatic carbocycles. The van der Waals surface area contributed by atoms with Crippen LogP contribution in [0.15, 0.2) is 23.2 Å². The molecule has 14 N–H and O–H groups in total. The Labute approximate surface area is 412 Å². The highest BCUT2D eigenvalue weighted by atomic mass is 32.2. The molecule has 11 atom stereocenters. The summed E-state index contributed by atoms with van der Waals surface area (Å²) in [7, 11) is 1.43. The van der Waals surface area contributed by atoms with E-state index in [0.717, 1.165) is 4.90 Å². The maximum absolute atomic E-state index is 15.4. The van der Waals surface area contributed by atoms with Gasteiger partial charge in [-0.25, -0.2) is 0 Å². The zero-order chi connectivity index (χ0) is 52.3. The lowest BCUT2D eigenvalue weighted by Gasteiger charge is -2.33. The van der Waals surface area contributed by atoms with Gasteiger partial charge in [0.05, 0.1) is 51.0 Å². The number of carbonyl (C=O) groups is 9. The summed E-state index contributed by atoms with van der Waals surface area (Å²) in [5.41, 5.74) is 12.0. The second-order valence-corrected chi connectivity index (χ2v) is 19.6. The minimum atomic E-state index is -2.37. The van der Waals surface area contributed by atoms with E-state index in [1.54, 1.807) is 36.6 Å². The number of nitrogens with one attached hydrogen (secondary N) is 7. The Bertz CT molecular complexity index is 2320. The van der Waals surface area contributed by atoms with Gasteiger partial charge in [-0.05, 0) is 37.4 Å². The average Bonchev–Trinajstić information content (AvgIpc) is 3.88. The van der Waals surface area contributed by atoms with Gasteiger partial charge in [0.25, 0.3) is 0 Å². The van der Waals surface area contributed by atoms with E-state index < -0.39 is 176 Å². The summed E-state index contributed by atoms with van der Waals surface area (Å²) < 4.78 is 22.6. The highest BCUT2D eigenvalue weighted by Gasteiger charge is 2.45. The lowest BCUT2D eigenvalue weighted by molar-refractivity contribution is -0.144. The van der Waals surface area contributed by atoms with Crippen LogP contribution < -0.4 is 53.4 Å². The number of benzene rings is 1. The van der Waals surface area contributed by atoms with Gasteiger partial charge in [-0.2, -0.15) is 0 Å². The number of nitrogens with zero attached hydrogens (tertiary/aromatic N) is 2. The molecule has 392 valence electrons. The molecule has 4 heterocycles. The first-order valence-corrected chi connectivity index (χ1v) is 24.9. The molecule has 3 aliphatic heterocycles. The monoisotopic (exact) mass is 1020 g/mol. The normalized spacial score (nSPS) is 26.9. The predicted octanol–water partition coefficient (Wildman–Crippen LogP) is -5.01. The summed E-state index contributed by atoms with van der Waals surface area (Å²) in [5.74, 6) is -11.2. The summed E-state index contributed by atoms with van der Waals surface area (Å²) in [5, 5.41) is 49.7. The Morgan fingerprint density at radius 3 is 2.23 bits per heavy atom. The van der Waals surface area contributed by atoms with E-state index in [4.69, 9.17) is 16.2 Å². The topological polar surface area (TPSA) is 391 Å². The fraction of sp³-hybridized carbons (Fsp3) is 0.622. The molecule has 9 amide bonds. The largest absolute Gasteiger partial charge is 0.610 e. The molecular weight excluding hydrogens is 951 g/mol. The number of primary amides is 1. The Balaban J connectivity index is 1.81. The summed E-state index contributed by atoms with van der Waals surface area (Å²) in [4.78, 5) is 127. The number of aliphatic hydroxyl groups is 3. The van der Waals surface area contributed by atoms with Gasteiger partial charge in [-0.15, -0.1) is 0 Å². The summed E-state index contributed by atoms with van der Waals surface area (Å²) >= 11 is -2.37. The molecule has 2 bridgehead atoms. The number of hydrogen-bond acceptors (Lipinski definition) is 15. The molecule has 1 saturated heterocycles. The number of ether oxygens (including phenoxy) is 1. The number of rotatable bonds is 13. The number of aliphatic hydroxyl groups excluding tert-OH is 3. The minimum absolute atomic E-state index is 0.0253. The van der Waals surface area contributed by atoms with Gasteiger partial charge in [0.1, 0.15) is 41.7 Å². The van der Waals surface area contributed by atoms with Crippen molar-refractivity contribution in [3.05, 3.63) is 23.8 Å². The van der Waals surface area contributed by atoms with Crippen LogP contribution in [0.2, 0.25) is 0 Å². The molecule has 3 aliphatic rings. The number of aryl methyl sites for hydroxylation is 1. The first-order chi connectivity index (χ1) is 33.7. The van der Waals surface area contributed by atoms with Crippen LogP contribution in [-0.2, 0) is 67.3 Å². The van der Waals surface area contributed by atoms with E-state index in [9.17, 15) is 58.5 Å². The van der Waals surface area contributed by atoms with Crippen molar-refractivity contribution < 1.29 is 67.8 Å². The van der Waals surface area contributed by atoms with Gasteiger partial charge in [0, 0.05) is 60.0 Å². The smallest absolute Gasteiger partial charge is 0.248 e. The van der Waals surface area contributed by atoms with Gasteiger partial charge < -0.3 is 82.8 Å². The Morgan fingerprint density at radius 2 is 1.58 bits per heavy atom. The van der Waals surface area contributed by atoms with Crippen molar-refractivity contribution in [2.75, 3.05) is 45.6 Å². The van der Waals surface area contributed by atoms with E-state index in [-0.39, 0.29) is 17.1 Å². The van der Waals surface area contributed by atoms with E-state index >= 15 is 4.55 Å². The average molecular weight is 1020 g/mol. The number of methoxy groups -OCH3 is 1. The number of nitrogens with two attached hydrogens (primary N) is 2. The number of carbonyl (C=O) groups excluding carboxylic acids is 9. The van der Waals surface area contributed by atoms with Gasteiger partial charge in [0.2, 0.25) is 58.2 Å². The Morgan fingerprint density at radius 1 is 0.887 bits per heavy atom. The first kappa shape index (κ1) is 55.9. The van der Waals surface area contributed by atoms with Crippen LogP contribution >= 0.6 is 0 Å². The third-order valence-electron chi connectivity index (χ3n) is 13.1. The fourth-order valence-corrected chi connectivity index (χ4v) is 10.5. The lowest BCUT2D eigenvalue weighted by Crippen LogP contribution is -2.62. The summed E-state index contributed by atoms with van der Waals surface area (Å²) in [6.07, 6.45) is -2.64. The van der Waals surface area contributed by atoms with Crippen LogP contribution in [0.4, 0.5) is 0 Å². The standard InChI is InChI=1S/C45H67N11O14S/c1-5-22(2)37-42(66)49-17-35(61)50-30-21-71(69)45-27(26-10-9-25(70-4)14-31(26)55(45)12-8-6-7-11-46)15-28(39(63)48-18-36(62)53-37)51-43(67)38(23(3)33(59)20-57)54-41(65)32-13-24(58)19-56(32)44(68)29(16-34(47)60)52-40(30)64/h9-10,14,22-24,28-30,32-33,37-38,57-59H,5-8,11-13,15-21,46H2,1-4H3,(H2,47,60)(H,48,63)(H,49,66)(H,50,61)(H,51,67)(H,52,64)(H,53,62)(H,54,65)/t22-,23-,24?,28?,29-,30?,32-,33-,37-,38-,71+/m0/s1. The van der Waals surface area contributed by atoms with Crippen LogP contribution in [-0.4, -0.2) is 177 Å². The molecule has 71 heavy (non-hydrogen) atoms. The molecule has 2 aromatic rings. The van der Waals surface area contributed by atoms with Crippen LogP contribution in [0.5, 0.6) is 5.75 Å². The number of amides is 9. The zero-order valence-electron chi connectivity index (χ0n) is 40.2. The van der Waals surface area contributed by atoms with Crippen LogP contribution in [0, 0.1) is 11.8 Å². The van der Waals surface area contributed by atoms with Crippen molar-refractivity contribution in [2.45, 2.75) is 126 Å². The van der Waals surface area contributed by atoms with Crippen LogP contribution in [0.25, 0.3) is 10.9 Å². The maximum Gasteiger partial charge on any atom is 0.248 e. The molecular formula is C45H67N11O14S. The van der Waals surface area contributed by atoms with Crippen molar-refractivity contribution in [3.8, 4) is 5.75 Å².